The fraction of sp³-hybridized carbons (Fsp3) is 0.412. The number of hydrogen-bond donors (Lipinski definition) is 8. The number of nitrogens with one attached hydrogen (secondary N) is 4. The number of fused-ring (bicyclic) bond motifs is 3. The number of azo groups is 2. The van der Waals surface area contributed by atoms with Crippen LogP contribution in [0.5, 0.6) is 34.5 Å². The number of sulfonamides is 2. The van der Waals surface area contributed by atoms with Gasteiger partial charge >= 0.3 is 47.7 Å². The minimum Gasteiger partial charge on any atom is -0.744 e. The van der Waals surface area contributed by atoms with E-state index in [0.717, 1.165) is 86.3 Å². The largest absolute Gasteiger partial charge is 1.00 e. The summed E-state index contributed by atoms with van der Waals surface area (Å²) in [5.41, 5.74) is 4.81. The molecule has 0 spiro atoms. The number of benzene rings is 6. The zero-order valence-electron chi connectivity index (χ0n) is 77.2. The van der Waals surface area contributed by atoms with E-state index in [2.05, 4.69) is 121 Å². The predicted octanol–water partition coefficient (Wildman–Crippen LogP) is 14.7. The number of carbonyl (C=O) groups is 2. The number of aromatic nitrogens is 7. The normalized spacial score (nSPS) is 15.8. The van der Waals surface area contributed by atoms with Gasteiger partial charge in [-0.15, -0.1) is 14.8 Å². The number of carbonyl (C=O) groups excluding carboxylic acids is 2. The number of nitriles is 2. The Bertz CT molecular complexity index is 6610. The number of allylic oxidation sites excluding steroid dienone is 1. The molecule has 3 atom stereocenters. The van der Waals surface area contributed by atoms with Gasteiger partial charge in [0.1, 0.15) is 77.7 Å². The van der Waals surface area contributed by atoms with Crippen LogP contribution in [0.4, 0.5) is 27.5 Å². The second kappa shape index (κ2) is 47.5. The van der Waals surface area contributed by atoms with Crippen molar-refractivity contribution in [2.75, 3.05) is 35.0 Å². The van der Waals surface area contributed by atoms with Crippen molar-refractivity contribution in [2.45, 2.75) is 236 Å². The van der Waals surface area contributed by atoms with Crippen LogP contribution in [-0.4, -0.2) is 140 Å². The van der Waals surface area contributed by atoms with Crippen molar-refractivity contribution in [2.24, 2.45) is 27.9 Å². The van der Waals surface area contributed by atoms with Gasteiger partial charge in [0.2, 0.25) is 17.2 Å². The molecule has 0 radical (unpaired) electrons. The SMILES string of the molecule is C=C1C(C#N)=C(C(=O)OC2C(C)CC(C)CC2C)C2N=C(c3ccc(C)cc3NC(=O)NC)N=[N+]12.C=c1c(Cc2c(O)cccc2O)nn2nc(-c3cccc(NS(=O)(=O)c4cc(NS(=O)(=O)c5cc(C)ccc5OCCCCCCCC)ccc4OCCCCCCCCCCCCCCCCCC)c3)nc12.[C-]#[N+]c1c(C#N)c(=C)n2nc(-c3c(O)cc(S(=O)(=O)[O-])cc3O)nc12.[Na+]. The number of anilines is 3. The van der Waals surface area contributed by atoms with Crippen LogP contribution in [0, 0.1) is 60.8 Å². The monoisotopic (exact) mass is 1890 g/mol. The van der Waals surface area contributed by atoms with Crippen molar-refractivity contribution in [1.82, 2.24) is 39.7 Å². The number of hydrogen-bond acceptors (Lipinski definition) is 25. The Balaban J connectivity index is 0.000000248. The molecule has 2 aliphatic heterocycles. The van der Waals surface area contributed by atoms with E-state index in [1.165, 1.54) is 130 Å². The number of aryl methyl sites for hydroxylation is 2. The molecule has 0 saturated heterocycles. The number of phenols is 4. The number of unbranched alkanes of at least 4 members (excludes halogenated alkanes) is 20. The smallest absolute Gasteiger partial charge is 0.744 e. The average molecular weight is 1890 g/mol. The Morgan fingerprint density at radius 1 is 0.634 bits per heavy atom. The number of ether oxygens (including phenoxy) is 3. The molecule has 10 aromatic rings. The van der Waals surface area contributed by atoms with Crippen molar-refractivity contribution in [3.05, 3.63) is 188 Å². The first-order valence-corrected chi connectivity index (χ1v) is 49.3. The number of amidine groups is 1. The molecule has 13 rings (SSSR count). The van der Waals surface area contributed by atoms with Crippen LogP contribution in [-0.2, 0) is 46.1 Å². The van der Waals surface area contributed by atoms with Crippen LogP contribution < -0.4 is 69.7 Å². The number of urea groups is 1. The van der Waals surface area contributed by atoms with Gasteiger partial charge in [-0.2, -0.15) is 20.6 Å². The van der Waals surface area contributed by atoms with Gasteiger partial charge in [0, 0.05) is 46.2 Å². The molecule has 3 aliphatic rings. The van der Waals surface area contributed by atoms with E-state index < -0.39 is 58.7 Å². The topological polar surface area (TPSA) is 469 Å². The maximum atomic E-state index is 14.5. The first-order valence-electron chi connectivity index (χ1n) is 45.0. The van der Waals surface area contributed by atoms with Crippen LogP contribution in [0.15, 0.2) is 157 Å². The van der Waals surface area contributed by atoms with Gasteiger partial charge < -0.3 is 49.8 Å². The summed E-state index contributed by atoms with van der Waals surface area (Å²) in [4.78, 5) is 40.8. The van der Waals surface area contributed by atoms with Gasteiger partial charge in [0.05, 0.1) is 58.7 Å². The third kappa shape index (κ3) is 26.0. The van der Waals surface area contributed by atoms with Crippen LogP contribution >= 0.6 is 0 Å². The molecular formula is C97H115N17NaO16S3+. The van der Waals surface area contributed by atoms with E-state index in [9.17, 15) is 65.1 Å². The molecule has 702 valence electrons. The third-order valence-electron chi connectivity index (χ3n) is 23.5. The molecule has 1 fully saturated rings. The fourth-order valence-corrected chi connectivity index (χ4v) is 19.6. The number of rotatable bonds is 41. The molecule has 1 saturated carbocycles. The van der Waals surface area contributed by atoms with Crippen LogP contribution in [0.1, 0.15) is 222 Å². The number of phenolic OH excluding ortho intramolecular Hbond substituents is 4. The van der Waals surface area contributed by atoms with E-state index in [0.29, 0.717) is 75.1 Å². The van der Waals surface area contributed by atoms with Crippen molar-refractivity contribution >= 4 is 95.2 Å². The van der Waals surface area contributed by atoms with Gasteiger partial charge in [0.25, 0.3) is 20.0 Å². The number of amides is 2. The summed E-state index contributed by atoms with van der Waals surface area (Å²) in [6.07, 6.45) is 27.1. The van der Waals surface area contributed by atoms with Crippen molar-refractivity contribution in [3.63, 3.8) is 0 Å². The van der Waals surface area contributed by atoms with Crippen LogP contribution in [0.2, 0.25) is 0 Å². The quantitative estimate of drug-likeness (QED) is 0.00440. The van der Waals surface area contributed by atoms with Gasteiger partial charge in [-0.3, -0.25) is 9.44 Å². The predicted molar refractivity (Wildman–Crippen MR) is 505 cm³/mol. The molecular weight excluding hydrogens is 1780 g/mol. The van der Waals surface area contributed by atoms with Gasteiger partial charge in [-0.25, -0.2) is 54.2 Å². The molecule has 1 aliphatic carbocycles. The second-order valence-corrected chi connectivity index (χ2v) is 38.6. The van der Waals surface area contributed by atoms with Crippen LogP contribution in [0.25, 0.3) is 52.1 Å². The second-order valence-electron chi connectivity index (χ2n) is 33.9. The molecule has 3 unspecified atom stereocenters. The zero-order valence-corrected chi connectivity index (χ0v) is 81.7. The first kappa shape index (κ1) is 104. The molecule has 134 heavy (non-hydrogen) atoms. The standard InChI is InChI=1S/C57H78N6O8S2.C26H30N6O3.C14H7N5O5S.Na/c1-5-7-9-11-13-14-15-16-17-18-19-20-21-22-24-26-38-71-53-36-34-47(62-72(66,67)54-39-43(3)33-35-52(54)70-37-25-23-12-10-8-6-2)41-55(53)73(68,69)61-46-30-27-29-45(40-46)56-58-57-44(4)49(59-63(57)60-56)42-48-50(64)31-28-32-51(48)65;1-13-7-8-18(20(11-13)29-26(34)28-6)23-30-24-21(19(12-27)17(5)32(24)31-23)25(33)35-22-15(3)9-14(2)10-16(22)4;1-6-8(5-15)12(16-2)14-17-13(18-19(6)14)11-9(20)3-7(4-10(11)21)25(22,23)24;/h27-36,39-41,61-62,64-65H,4-26,37-38,42H2,1-3H3;7-8,11,14-16,22,24H,5,9-10H2,1-4,6H3,(H-,28,29,30,34);3-4,20-21H,1H2,(H,22,23,24);/q;;;+1. The van der Waals surface area contributed by atoms with Gasteiger partial charge in [-0.1, -0.05) is 211 Å². The Morgan fingerprint density at radius 3 is 1.69 bits per heavy atom. The molecule has 33 nitrogen and oxygen atoms in total. The summed E-state index contributed by atoms with van der Waals surface area (Å²) >= 11 is 0. The van der Waals surface area contributed by atoms with Crippen molar-refractivity contribution in [1.29, 1.82) is 10.5 Å². The minimum atomic E-state index is -4.89. The summed E-state index contributed by atoms with van der Waals surface area (Å²) < 4.78 is 118. The van der Waals surface area contributed by atoms with Crippen molar-refractivity contribution in [3.8, 4) is 69.4 Å². The average Bonchev–Trinajstić information content (AvgIpc) is 1.59. The summed E-state index contributed by atoms with van der Waals surface area (Å²) in [7, 11) is -12.0. The molecule has 8 N–H and O–H groups in total. The van der Waals surface area contributed by atoms with E-state index in [-0.39, 0.29) is 161 Å². The first-order chi connectivity index (χ1) is 63.6. The molecule has 4 aromatic heterocycles. The van der Waals surface area contributed by atoms with Crippen molar-refractivity contribution < 1.29 is 108 Å². The molecule has 0 bridgehead atoms. The van der Waals surface area contributed by atoms with Crippen LogP contribution in [0.3, 0.4) is 0 Å². The maximum absolute atomic E-state index is 14.5. The third-order valence-corrected chi connectivity index (χ3v) is 27.1. The summed E-state index contributed by atoms with van der Waals surface area (Å²) in [6.45, 7) is 34.1. The van der Waals surface area contributed by atoms with Gasteiger partial charge in [-0.05, 0) is 154 Å². The molecule has 6 heterocycles. The summed E-state index contributed by atoms with van der Waals surface area (Å²) in [5.74, 6) is -0.482. The molecule has 2 amide bonds. The zero-order chi connectivity index (χ0) is 96.0. The number of esters is 1. The molecule has 6 aromatic carbocycles. The van der Waals surface area contributed by atoms with E-state index in [4.69, 9.17) is 26.0 Å². The fourth-order valence-electron chi connectivity index (χ4n) is 16.6. The summed E-state index contributed by atoms with van der Waals surface area (Å²) in [5, 5.41) is 82.9. The van der Waals surface area contributed by atoms with Gasteiger partial charge in [0.15, 0.2) is 28.5 Å². The Morgan fingerprint density at radius 2 is 1.16 bits per heavy atom. The van der Waals surface area contributed by atoms with E-state index in [1.807, 2.05) is 31.2 Å². The molecule has 37 heteroatoms. The van der Waals surface area contributed by atoms with E-state index in [1.54, 1.807) is 55.5 Å². The number of aromatic hydroxyl groups is 4. The number of nitrogens with zero attached hydrogens (tertiary/aromatic N) is 13. The Kier molecular flexibility index (Phi) is 36.8. The van der Waals surface area contributed by atoms with E-state index >= 15 is 0 Å². The summed E-state index contributed by atoms with van der Waals surface area (Å²) in [6, 6.07) is 30.7. The Hall–Kier alpha value is -12.3. The maximum Gasteiger partial charge on any atom is 1.00 e. The number of aliphatic imine (C=N–C) groups is 1. The Labute approximate surface area is 804 Å². The minimum absolute atomic E-state index is 0.